The zero-order valence-corrected chi connectivity index (χ0v) is 10.5. The van der Waals surface area contributed by atoms with E-state index in [1.165, 1.54) is 12.1 Å². The molecule has 15 heavy (non-hydrogen) atoms. The second kappa shape index (κ2) is 3.50. The summed E-state index contributed by atoms with van der Waals surface area (Å²) in [6, 6.07) is 2.48. The van der Waals surface area contributed by atoms with Crippen LogP contribution in [0.15, 0.2) is 16.5 Å². The normalized spacial score (nSPS) is 12.2. The molecular formula is C7H5AsClNO4S. The molecule has 80 valence electrons. The van der Waals surface area contributed by atoms with E-state index in [0.717, 1.165) is 0 Å². The zero-order chi connectivity index (χ0) is 11.2. The van der Waals surface area contributed by atoms with Crippen LogP contribution in [0.5, 0.6) is 0 Å². The van der Waals surface area contributed by atoms with E-state index in [1.54, 1.807) is 0 Å². The molecule has 0 atom stereocenters. The summed E-state index contributed by atoms with van der Waals surface area (Å²) in [5, 5.41) is 0.125. The Bertz CT molecular complexity index is 627. The third-order valence-electron chi connectivity index (χ3n) is 1.80. The van der Waals surface area contributed by atoms with Crippen LogP contribution in [-0.2, 0) is 3.74 Å². The molecule has 3 N–H and O–H groups in total. The number of H-pyrrole nitrogens is 1. The van der Waals surface area contributed by atoms with Gasteiger partial charge in [-0.3, -0.25) is 0 Å². The second-order valence-electron chi connectivity index (χ2n) is 2.86. The van der Waals surface area contributed by atoms with E-state index in [9.17, 15) is 3.74 Å². The SMILES string of the molecule is O=[As](O)(O)c1cc(Cl)c2oc(=S)[nH]c2c1. The molecule has 0 bridgehead atoms. The van der Waals surface area contributed by atoms with Crippen molar-refractivity contribution in [1.29, 1.82) is 0 Å². The van der Waals surface area contributed by atoms with Gasteiger partial charge in [-0.05, 0) is 0 Å². The van der Waals surface area contributed by atoms with Crippen molar-refractivity contribution in [2.75, 3.05) is 0 Å². The molecule has 8 heteroatoms. The Morgan fingerprint density at radius 2 is 2.13 bits per heavy atom. The number of oxazole rings is 1. The van der Waals surface area contributed by atoms with Gasteiger partial charge in [-0.25, -0.2) is 0 Å². The van der Waals surface area contributed by atoms with E-state index in [-0.39, 0.29) is 14.2 Å². The Hall–Kier alpha value is -0.522. The zero-order valence-electron chi connectivity index (χ0n) is 7.10. The Morgan fingerprint density at radius 1 is 1.47 bits per heavy atom. The average Bonchev–Trinajstić information content (AvgIpc) is 2.44. The topological polar surface area (TPSA) is 86.5 Å². The van der Waals surface area contributed by atoms with Gasteiger partial charge in [0.25, 0.3) is 0 Å². The average molecular weight is 310 g/mol. The van der Waals surface area contributed by atoms with Crippen LogP contribution in [0.3, 0.4) is 0 Å². The van der Waals surface area contributed by atoms with Gasteiger partial charge in [-0.1, -0.05) is 0 Å². The summed E-state index contributed by atoms with van der Waals surface area (Å²) >= 11 is 5.59. The molecule has 0 saturated carbocycles. The maximum absolute atomic E-state index is 11.1. The van der Waals surface area contributed by atoms with Gasteiger partial charge in [0.2, 0.25) is 0 Å². The van der Waals surface area contributed by atoms with Gasteiger partial charge in [-0.2, -0.15) is 0 Å². The van der Waals surface area contributed by atoms with Crippen LogP contribution in [0.25, 0.3) is 11.1 Å². The van der Waals surface area contributed by atoms with Crippen molar-refractivity contribution >= 4 is 53.4 Å². The van der Waals surface area contributed by atoms with Crippen molar-refractivity contribution in [1.82, 2.24) is 4.98 Å². The Labute approximate surface area is 96.7 Å². The fraction of sp³-hybridized carbons (Fsp3) is 0. The van der Waals surface area contributed by atoms with Gasteiger partial charge < -0.3 is 0 Å². The summed E-state index contributed by atoms with van der Waals surface area (Å²) in [6.45, 7) is 0. The Balaban J connectivity index is 2.83. The molecule has 2 aromatic rings. The van der Waals surface area contributed by atoms with E-state index < -0.39 is 14.2 Å². The number of nitrogens with one attached hydrogen (secondary N) is 1. The molecule has 1 aromatic heterocycles. The third-order valence-corrected chi connectivity index (χ3v) is 4.22. The molecule has 0 aliphatic carbocycles. The first-order chi connectivity index (χ1) is 6.88. The van der Waals surface area contributed by atoms with E-state index in [0.29, 0.717) is 11.1 Å². The first-order valence-electron chi connectivity index (χ1n) is 3.76. The monoisotopic (exact) mass is 309 g/mol. The first kappa shape index (κ1) is 11.0. The number of benzene rings is 1. The van der Waals surface area contributed by atoms with Crippen LogP contribution < -0.4 is 4.35 Å². The summed E-state index contributed by atoms with van der Waals surface area (Å²) in [5.74, 6) is 0. The van der Waals surface area contributed by atoms with Crippen LogP contribution in [0, 0.1) is 4.84 Å². The number of aromatic amines is 1. The van der Waals surface area contributed by atoms with Crippen LogP contribution >= 0.6 is 23.8 Å². The van der Waals surface area contributed by atoms with Gasteiger partial charge in [0.15, 0.2) is 0 Å². The molecule has 0 amide bonds. The Morgan fingerprint density at radius 3 is 2.73 bits per heavy atom. The fourth-order valence-corrected chi connectivity index (χ4v) is 3.04. The summed E-state index contributed by atoms with van der Waals surface area (Å²) < 4.78 is 34.0. The minimum atomic E-state index is -4.94. The number of rotatable bonds is 1. The summed E-state index contributed by atoms with van der Waals surface area (Å²) in [6.07, 6.45) is 0. The molecule has 0 fully saturated rings. The van der Waals surface area contributed by atoms with E-state index >= 15 is 0 Å². The third kappa shape index (κ3) is 2.04. The predicted molar refractivity (Wildman–Crippen MR) is 56.9 cm³/mol. The standard InChI is InChI=1S/C7H5AsClNO4S/c9-4-1-3(8(11,12)13)2-5-6(4)14-7(15)10-5/h1-2H,(H,10,15)(H2,11,12,13). The molecular weight excluding hydrogens is 305 g/mol. The van der Waals surface area contributed by atoms with Crippen LogP contribution in [0.2, 0.25) is 5.02 Å². The molecule has 0 aliphatic heterocycles. The molecule has 1 heterocycles. The van der Waals surface area contributed by atoms with Crippen molar-refractivity contribution < 1.29 is 16.3 Å². The van der Waals surface area contributed by atoms with Crippen molar-refractivity contribution in [2.45, 2.75) is 0 Å². The molecule has 0 radical (unpaired) electrons. The Kier molecular flexibility index (Phi) is 2.56. The van der Waals surface area contributed by atoms with Gasteiger partial charge in [0.05, 0.1) is 0 Å². The molecule has 1 aromatic carbocycles. The van der Waals surface area contributed by atoms with Gasteiger partial charge in [0.1, 0.15) is 0 Å². The minimum absolute atomic E-state index is 0.113. The van der Waals surface area contributed by atoms with Crippen molar-refractivity contribution in [2.24, 2.45) is 0 Å². The quantitative estimate of drug-likeness (QED) is 0.533. The number of aromatic nitrogens is 1. The van der Waals surface area contributed by atoms with Crippen molar-refractivity contribution in [3.05, 3.63) is 22.0 Å². The van der Waals surface area contributed by atoms with Crippen molar-refractivity contribution in [3.63, 3.8) is 0 Å². The fourth-order valence-electron chi connectivity index (χ4n) is 1.17. The van der Waals surface area contributed by atoms with E-state index in [1.807, 2.05) is 0 Å². The van der Waals surface area contributed by atoms with Gasteiger partial charge in [0, 0.05) is 0 Å². The van der Waals surface area contributed by atoms with Gasteiger partial charge in [-0.15, -0.1) is 0 Å². The van der Waals surface area contributed by atoms with Crippen LogP contribution in [0.4, 0.5) is 0 Å². The predicted octanol–water partition coefficient (Wildman–Crippen LogP) is 0.705. The van der Waals surface area contributed by atoms with Crippen LogP contribution in [-0.4, -0.2) is 27.3 Å². The molecule has 0 unspecified atom stereocenters. The van der Waals surface area contributed by atoms with Gasteiger partial charge >= 0.3 is 96.8 Å². The number of fused-ring (bicyclic) bond motifs is 1. The van der Waals surface area contributed by atoms with E-state index in [4.69, 9.17) is 36.4 Å². The summed E-state index contributed by atoms with van der Waals surface area (Å²) in [7, 11) is 0. The number of hydrogen-bond acceptors (Lipinski definition) is 3. The molecule has 0 aliphatic rings. The molecule has 5 nitrogen and oxygen atoms in total. The van der Waals surface area contributed by atoms with E-state index in [2.05, 4.69) is 4.98 Å². The van der Waals surface area contributed by atoms with Crippen molar-refractivity contribution in [3.8, 4) is 0 Å². The maximum atomic E-state index is 11.1. The number of halogens is 1. The molecule has 0 saturated heterocycles. The summed E-state index contributed by atoms with van der Waals surface area (Å²) in [4.78, 5) is 2.75. The molecule has 2 rings (SSSR count). The summed E-state index contributed by atoms with van der Waals surface area (Å²) in [5.41, 5.74) is 0.682. The first-order valence-corrected chi connectivity index (χ1v) is 7.93. The number of hydrogen-bond donors (Lipinski definition) is 3. The second-order valence-corrected chi connectivity index (χ2v) is 7.01. The van der Waals surface area contributed by atoms with Crippen LogP contribution in [0.1, 0.15) is 0 Å². The molecule has 0 spiro atoms.